The van der Waals surface area contributed by atoms with Gasteiger partial charge in [-0.25, -0.2) is 0 Å². The van der Waals surface area contributed by atoms with Crippen LogP contribution in [-0.4, -0.2) is 0 Å². The summed E-state index contributed by atoms with van der Waals surface area (Å²) in [5, 5.41) is 0. The molecule has 0 unspecified atom stereocenters. The van der Waals surface area contributed by atoms with Gasteiger partial charge in [-0.05, 0) is 24.8 Å². The highest BCUT2D eigenvalue weighted by molar-refractivity contribution is 5.27. The van der Waals surface area contributed by atoms with Gasteiger partial charge in [-0.1, -0.05) is 56.9 Å². The van der Waals surface area contributed by atoms with E-state index < -0.39 is 0 Å². The van der Waals surface area contributed by atoms with Gasteiger partial charge in [0.2, 0.25) is 0 Å². The van der Waals surface area contributed by atoms with Crippen LogP contribution in [0.25, 0.3) is 0 Å². The molecule has 1 rings (SSSR count). The van der Waals surface area contributed by atoms with E-state index in [0.29, 0.717) is 0 Å². The van der Waals surface area contributed by atoms with Gasteiger partial charge >= 0.3 is 0 Å². The molecule has 0 N–H and O–H groups in total. The summed E-state index contributed by atoms with van der Waals surface area (Å²) in [6.45, 7) is 7.89. The quantitative estimate of drug-likeness (QED) is 0.479. The van der Waals surface area contributed by atoms with E-state index in [0.717, 1.165) is 24.8 Å². The molecule has 0 aliphatic heterocycles. The zero-order valence-electron chi connectivity index (χ0n) is 8.79. The van der Waals surface area contributed by atoms with E-state index >= 15 is 0 Å². The lowest BCUT2D eigenvalue weighted by Gasteiger charge is -1.92. The first kappa shape index (κ1) is 12.0. The third kappa shape index (κ3) is 7.32. The number of hydrogen-bond acceptors (Lipinski definition) is 0. The fourth-order valence-electron chi connectivity index (χ4n) is 0.995. The standard InChI is InChI=1S/C11H14.C2H6/c1-11-9-7-5-3-2-4-6-8-10-11;1-2/h2-3,7-10H,1,4-6H2;1-2H3/b3-2-,9-7-,10-8-;. The van der Waals surface area contributed by atoms with E-state index in [9.17, 15) is 0 Å². The second kappa shape index (κ2) is 9.05. The van der Waals surface area contributed by atoms with Crippen molar-refractivity contribution in [3.63, 3.8) is 0 Å². The van der Waals surface area contributed by atoms with Gasteiger partial charge in [0.25, 0.3) is 0 Å². The Morgan fingerprint density at radius 3 is 2.31 bits per heavy atom. The van der Waals surface area contributed by atoms with Crippen molar-refractivity contribution >= 4 is 0 Å². The lowest BCUT2D eigenvalue weighted by molar-refractivity contribution is 1.04. The lowest BCUT2D eigenvalue weighted by Crippen LogP contribution is -1.72. The molecule has 0 fully saturated rings. The number of hydrogen-bond donors (Lipinski definition) is 0. The summed E-state index contributed by atoms with van der Waals surface area (Å²) in [6, 6.07) is 0. The largest absolute Gasteiger partial charge is 0.0918 e. The molecule has 0 nitrogen and oxygen atoms in total. The average molecular weight is 176 g/mol. The van der Waals surface area contributed by atoms with E-state index in [1.807, 2.05) is 13.8 Å². The first-order valence-electron chi connectivity index (χ1n) is 5.06. The maximum atomic E-state index is 3.89. The zero-order chi connectivity index (χ0) is 9.94. The fraction of sp³-hybridized carbons (Fsp3) is 0.385. The highest BCUT2D eigenvalue weighted by Crippen LogP contribution is 2.03. The van der Waals surface area contributed by atoms with Crippen LogP contribution in [0.2, 0.25) is 0 Å². The van der Waals surface area contributed by atoms with Crippen LogP contribution in [0, 0.1) is 0 Å². The molecular weight excluding hydrogens is 156 g/mol. The normalized spacial score (nSPS) is 23.7. The van der Waals surface area contributed by atoms with Crippen LogP contribution < -0.4 is 0 Å². The molecule has 0 amide bonds. The number of rotatable bonds is 0. The van der Waals surface area contributed by atoms with Gasteiger partial charge in [-0.3, -0.25) is 0 Å². The van der Waals surface area contributed by atoms with Gasteiger partial charge in [0.1, 0.15) is 0 Å². The molecule has 0 heterocycles. The summed E-state index contributed by atoms with van der Waals surface area (Å²) in [7, 11) is 0. The molecule has 1 aliphatic rings. The van der Waals surface area contributed by atoms with Crippen molar-refractivity contribution in [3.8, 4) is 0 Å². The third-order valence-electron chi connectivity index (χ3n) is 1.60. The van der Waals surface area contributed by atoms with Crippen LogP contribution in [0.5, 0.6) is 0 Å². The second-order valence-corrected chi connectivity index (χ2v) is 2.66. The van der Waals surface area contributed by atoms with Crippen LogP contribution in [0.15, 0.2) is 48.6 Å². The molecular formula is C13H20. The Bertz CT molecular complexity index is 204. The fourth-order valence-corrected chi connectivity index (χ4v) is 0.995. The molecule has 0 bridgehead atoms. The maximum Gasteiger partial charge on any atom is -0.0166 e. The summed E-state index contributed by atoms with van der Waals surface area (Å²) in [4.78, 5) is 0. The first-order valence-corrected chi connectivity index (χ1v) is 5.06. The van der Waals surface area contributed by atoms with E-state index in [2.05, 4.69) is 43.0 Å². The van der Waals surface area contributed by atoms with Crippen LogP contribution in [0.3, 0.4) is 0 Å². The van der Waals surface area contributed by atoms with E-state index in [-0.39, 0.29) is 0 Å². The van der Waals surface area contributed by atoms with Gasteiger partial charge in [0, 0.05) is 0 Å². The SMILES string of the molecule is C=C1/C=C\C/C=C\CC/C=C\1.CC. The van der Waals surface area contributed by atoms with Crippen LogP contribution in [0.1, 0.15) is 33.1 Å². The minimum absolute atomic E-state index is 1.03. The van der Waals surface area contributed by atoms with E-state index in [1.54, 1.807) is 0 Å². The maximum absolute atomic E-state index is 3.89. The van der Waals surface area contributed by atoms with Gasteiger partial charge in [-0.2, -0.15) is 0 Å². The molecule has 0 heteroatoms. The number of allylic oxidation sites excluding steroid dienone is 7. The molecule has 0 aromatic heterocycles. The monoisotopic (exact) mass is 176 g/mol. The van der Waals surface area contributed by atoms with E-state index in [4.69, 9.17) is 0 Å². The summed E-state index contributed by atoms with van der Waals surface area (Å²) >= 11 is 0. The van der Waals surface area contributed by atoms with Crippen molar-refractivity contribution in [2.24, 2.45) is 0 Å². The second-order valence-electron chi connectivity index (χ2n) is 2.66. The molecule has 0 radical (unpaired) electrons. The summed E-state index contributed by atoms with van der Waals surface area (Å²) in [5.74, 6) is 0. The highest BCUT2D eigenvalue weighted by atomic mass is 13.9. The highest BCUT2D eigenvalue weighted by Gasteiger charge is 1.82. The molecule has 0 aromatic carbocycles. The Labute approximate surface area is 82.4 Å². The minimum Gasteiger partial charge on any atom is -0.0918 e. The Hall–Kier alpha value is -1.04. The van der Waals surface area contributed by atoms with Gasteiger partial charge in [-0.15, -0.1) is 0 Å². The molecule has 0 saturated heterocycles. The van der Waals surface area contributed by atoms with Crippen LogP contribution >= 0.6 is 0 Å². The van der Waals surface area contributed by atoms with Crippen molar-refractivity contribution in [1.82, 2.24) is 0 Å². The van der Waals surface area contributed by atoms with Crippen molar-refractivity contribution in [3.05, 3.63) is 48.6 Å². The topological polar surface area (TPSA) is 0 Å². The minimum atomic E-state index is 1.03. The van der Waals surface area contributed by atoms with Crippen molar-refractivity contribution in [2.45, 2.75) is 33.1 Å². The molecule has 0 saturated carbocycles. The molecule has 0 atom stereocenters. The summed E-state index contributed by atoms with van der Waals surface area (Å²) in [6.07, 6.45) is 16.2. The molecule has 0 spiro atoms. The Balaban J connectivity index is 0.000000671. The smallest absolute Gasteiger partial charge is 0.0166 e. The zero-order valence-corrected chi connectivity index (χ0v) is 8.79. The van der Waals surface area contributed by atoms with Gasteiger partial charge in [0.05, 0.1) is 0 Å². The van der Waals surface area contributed by atoms with Crippen molar-refractivity contribution < 1.29 is 0 Å². The van der Waals surface area contributed by atoms with Crippen LogP contribution in [0.4, 0.5) is 0 Å². The molecule has 72 valence electrons. The summed E-state index contributed by atoms with van der Waals surface area (Å²) in [5.41, 5.74) is 1.10. The first-order chi connectivity index (χ1) is 6.39. The van der Waals surface area contributed by atoms with Crippen molar-refractivity contribution in [2.75, 3.05) is 0 Å². The summed E-state index contributed by atoms with van der Waals surface area (Å²) < 4.78 is 0. The Kier molecular flexibility index (Phi) is 8.33. The Morgan fingerprint density at radius 2 is 1.54 bits per heavy atom. The predicted molar refractivity (Wildman–Crippen MR) is 61.8 cm³/mol. The Morgan fingerprint density at radius 1 is 0.923 bits per heavy atom. The van der Waals surface area contributed by atoms with Gasteiger partial charge in [0.15, 0.2) is 0 Å². The van der Waals surface area contributed by atoms with Gasteiger partial charge < -0.3 is 0 Å². The molecule has 0 aromatic rings. The molecule has 13 heavy (non-hydrogen) atoms. The molecule has 1 aliphatic carbocycles. The average Bonchev–Trinajstić information content (AvgIpc) is 2.19. The third-order valence-corrected chi connectivity index (χ3v) is 1.60. The predicted octanol–water partition coefficient (Wildman–Crippen LogP) is 4.42. The van der Waals surface area contributed by atoms with E-state index in [1.165, 1.54) is 0 Å². The van der Waals surface area contributed by atoms with Crippen molar-refractivity contribution in [1.29, 1.82) is 0 Å². The van der Waals surface area contributed by atoms with Crippen LogP contribution in [-0.2, 0) is 0 Å². The lowest BCUT2D eigenvalue weighted by atomic mass is 10.1.